The molecule has 1 aromatic carbocycles. The van der Waals surface area contributed by atoms with Crippen molar-refractivity contribution in [2.24, 2.45) is 0 Å². The van der Waals surface area contributed by atoms with E-state index in [9.17, 15) is 9.50 Å². The molecule has 0 saturated carbocycles. The summed E-state index contributed by atoms with van der Waals surface area (Å²) in [6.07, 6.45) is 0. The number of rotatable bonds is 0. The van der Waals surface area contributed by atoms with Gasteiger partial charge in [-0.3, -0.25) is 5.11 Å². The number of nitrogens with zero attached hydrogens (tertiary/aromatic N) is 1. The third kappa shape index (κ3) is 0.914. The minimum atomic E-state index is -0.968. The molecule has 10 heavy (non-hydrogen) atoms. The Morgan fingerprint density at radius 2 is 2.20 bits per heavy atom. The molecule has 0 N–H and O–H groups in total. The Balaban J connectivity index is 3.31. The van der Waals surface area contributed by atoms with E-state index < -0.39 is 11.6 Å². The molecule has 0 fully saturated rings. The molecular formula is C7H3FNO. The summed E-state index contributed by atoms with van der Waals surface area (Å²) in [5.41, 5.74) is -0.201. The standard InChI is InChI=1S/C7H3FNO/c8-7-5(4-9)2-1-3-6(7)10/h1-3H. The van der Waals surface area contributed by atoms with Gasteiger partial charge in [-0.15, -0.1) is 0 Å². The van der Waals surface area contributed by atoms with Crippen LogP contribution >= 0.6 is 0 Å². The maximum atomic E-state index is 12.5. The molecule has 0 unspecified atom stereocenters. The van der Waals surface area contributed by atoms with Gasteiger partial charge in [0.15, 0.2) is 5.82 Å². The number of hydrogen-bond donors (Lipinski definition) is 0. The van der Waals surface area contributed by atoms with Crippen LogP contribution in [0.25, 0.3) is 0 Å². The Morgan fingerprint density at radius 3 is 2.70 bits per heavy atom. The molecule has 0 bridgehead atoms. The lowest BCUT2D eigenvalue weighted by atomic mass is 10.2. The summed E-state index contributed by atoms with van der Waals surface area (Å²) in [7, 11) is 0. The van der Waals surface area contributed by atoms with Crippen LogP contribution in [-0.2, 0) is 5.11 Å². The summed E-state index contributed by atoms with van der Waals surface area (Å²) in [6, 6.07) is 5.25. The van der Waals surface area contributed by atoms with E-state index >= 15 is 0 Å². The van der Waals surface area contributed by atoms with Crippen LogP contribution in [0, 0.1) is 17.1 Å². The second kappa shape index (κ2) is 2.36. The van der Waals surface area contributed by atoms with Gasteiger partial charge in [0.05, 0.1) is 5.56 Å². The topological polar surface area (TPSA) is 43.7 Å². The normalized spacial score (nSPS) is 8.80. The van der Waals surface area contributed by atoms with Crippen molar-refractivity contribution in [2.75, 3.05) is 0 Å². The van der Waals surface area contributed by atoms with Gasteiger partial charge in [0.1, 0.15) is 6.07 Å². The maximum absolute atomic E-state index is 12.5. The summed E-state index contributed by atoms with van der Waals surface area (Å²) < 4.78 is 12.5. The Hall–Kier alpha value is -1.56. The molecule has 0 atom stereocenters. The fraction of sp³-hybridized carbons (Fsp3) is 0. The predicted molar refractivity (Wildman–Crippen MR) is 31.2 cm³/mol. The molecule has 0 aromatic heterocycles. The van der Waals surface area contributed by atoms with Gasteiger partial charge < -0.3 is 0 Å². The van der Waals surface area contributed by atoms with Crippen LogP contribution in [0.4, 0.5) is 4.39 Å². The summed E-state index contributed by atoms with van der Waals surface area (Å²) >= 11 is 0. The fourth-order valence-corrected chi connectivity index (χ4v) is 0.597. The van der Waals surface area contributed by atoms with Crippen molar-refractivity contribution >= 4 is 0 Å². The third-order valence-corrected chi connectivity index (χ3v) is 1.08. The van der Waals surface area contributed by atoms with Gasteiger partial charge in [-0.1, -0.05) is 6.07 Å². The molecule has 0 amide bonds. The second-order valence-electron chi connectivity index (χ2n) is 1.73. The minimum absolute atomic E-state index is 0.201. The number of hydrogen-bond acceptors (Lipinski definition) is 1. The molecule has 1 radical (unpaired) electrons. The average Bonchev–Trinajstić information content (AvgIpc) is 1.95. The molecule has 2 nitrogen and oxygen atoms in total. The number of benzene rings is 1. The molecular weight excluding hydrogens is 133 g/mol. The molecule has 0 aliphatic carbocycles. The van der Waals surface area contributed by atoms with Crippen LogP contribution in [0.2, 0.25) is 0 Å². The Bertz CT molecular complexity index is 290. The molecule has 3 heteroatoms. The number of halogens is 1. The Morgan fingerprint density at radius 1 is 1.50 bits per heavy atom. The van der Waals surface area contributed by atoms with Crippen LogP contribution in [0.1, 0.15) is 5.56 Å². The van der Waals surface area contributed by atoms with E-state index in [0.717, 1.165) is 6.07 Å². The van der Waals surface area contributed by atoms with Gasteiger partial charge in [-0.2, -0.15) is 5.26 Å². The van der Waals surface area contributed by atoms with Crippen LogP contribution in [0.15, 0.2) is 18.2 Å². The van der Waals surface area contributed by atoms with Gasteiger partial charge >= 0.3 is 0 Å². The van der Waals surface area contributed by atoms with Crippen molar-refractivity contribution in [3.8, 4) is 11.8 Å². The van der Waals surface area contributed by atoms with Crippen molar-refractivity contribution in [3.63, 3.8) is 0 Å². The average molecular weight is 136 g/mol. The van der Waals surface area contributed by atoms with E-state index in [2.05, 4.69) is 0 Å². The zero-order chi connectivity index (χ0) is 7.56. The highest BCUT2D eigenvalue weighted by Gasteiger charge is 2.05. The van der Waals surface area contributed by atoms with Crippen molar-refractivity contribution in [2.45, 2.75) is 0 Å². The quantitative estimate of drug-likeness (QED) is 0.536. The van der Waals surface area contributed by atoms with E-state index in [0.29, 0.717) is 0 Å². The van der Waals surface area contributed by atoms with Crippen LogP contribution in [0.5, 0.6) is 5.75 Å². The van der Waals surface area contributed by atoms with Gasteiger partial charge in [0, 0.05) is 0 Å². The van der Waals surface area contributed by atoms with Crippen LogP contribution < -0.4 is 0 Å². The van der Waals surface area contributed by atoms with Gasteiger partial charge in [-0.25, -0.2) is 4.39 Å². The van der Waals surface area contributed by atoms with E-state index in [4.69, 9.17) is 5.26 Å². The summed E-state index contributed by atoms with van der Waals surface area (Å²) in [5, 5.41) is 18.7. The van der Waals surface area contributed by atoms with E-state index in [-0.39, 0.29) is 5.56 Å². The van der Waals surface area contributed by atoms with Gasteiger partial charge in [0.25, 0.3) is 0 Å². The first-order chi connectivity index (χ1) is 4.75. The zero-order valence-electron chi connectivity index (χ0n) is 4.97. The largest absolute Gasteiger partial charge is 0.287 e. The maximum Gasteiger partial charge on any atom is 0.215 e. The fourth-order valence-electron chi connectivity index (χ4n) is 0.597. The van der Waals surface area contributed by atoms with Crippen LogP contribution in [-0.4, -0.2) is 0 Å². The highest BCUT2D eigenvalue weighted by Crippen LogP contribution is 2.17. The molecule has 0 aliphatic heterocycles. The third-order valence-electron chi connectivity index (χ3n) is 1.08. The molecule has 1 aromatic rings. The Labute approximate surface area is 57.1 Å². The van der Waals surface area contributed by atoms with E-state index in [1.54, 1.807) is 6.07 Å². The smallest absolute Gasteiger partial charge is 0.215 e. The minimum Gasteiger partial charge on any atom is -0.287 e. The van der Waals surface area contributed by atoms with Gasteiger partial charge in [-0.05, 0) is 12.1 Å². The lowest BCUT2D eigenvalue weighted by Gasteiger charge is -1.90. The van der Waals surface area contributed by atoms with Crippen LogP contribution in [0.3, 0.4) is 0 Å². The molecule has 0 heterocycles. The first kappa shape index (κ1) is 6.56. The first-order valence-corrected chi connectivity index (χ1v) is 2.61. The predicted octanol–water partition coefficient (Wildman–Crippen LogP) is 1.84. The summed E-state index contributed by atoms with van der Waals surface area (Å²) in [4.78, 5) is 0. The van der Waals surface area contributed by atoms with Crippen molar-refractivity contribution in [1.82, 2.24) is 0 Å². The summed E-state index contributed by atoms with van der Waals surface area (Å²) in [5.74, 6) is -1.70. The zero-order valence-corrected chi connectivity index (χ0v) is 4.97. The summed E-state index contributed by atoms with van der Waals surface area (Å²) in [6.45, 7) is 0. The van der Waals surface area contributed by atoms with Crippen molar-refractivity contribution < 1.29 is 9.50 Å². The number of nitriles is 1. The first-order valence-electron chi connectivity index (χ1n) is 2.61. The molecule has 0 spiro atoms. The molecule has 49 valence electrons. The monoisotopic (exact) mass is 136 g/mol. The lowest BCUT2D eigenvalue weighted by molar-refractivity contribution is 0.329. The highest BCUT2D eigenvalue weighted by molar-refractivity contribution is 5.37. The molecule has 0 aliphatic rings. The SMILES string of the molecule is N#Cc1cccc([O])c1F. The van der Waals surface area contributed by atoms with Crippen molar-refractivity contribution in [1.29, 1.82) is 5.26 Å². The van der Waals surface area contributed by atoms with E-state index in [1.165, 1.54) is 12.1 Å². The van der Waals surface area contributed by atoms with Crippen molar-refractivity contribution in [3.05, 3.63) is 29.6 Å². The van der Waals surface area contributed by atoms with Gasteiger partial charge in [0.2, 0.25) is 5.75 Å². The highest BCUT2D eigenvalue weighted by atomic mass is 19.1. The lowest BCUT2D eigenvalue weighted by Crippen LogP contribution is -1.80. The molecule has 0 saturated heterocycles. The second-order valence-corrected chi connectivity index (χ2v) is 1.73. The molecule has 1 rings (SSSR count). The Kier molecular flexibility index (Phi) is 1.55. The van der Waals surface area contributed by atoms with E-state index in [1.807, 2.05) is 0 Å².